The number of ether oxygens (including phenoxy) is 1. The van der Waals surface area contributed by atoms with Gasteiger partial charge in [0.25, 0.3) is 11.1 Å². The van der Waals surface area contributed by atoms with Crippen LogP contribution in [0.2, 0.25) is 5.02 Å². The van der Waals surface area contributed by atoms with Crippen molar-refractivity contribution in [3.63, 3.8) is 0 Å². The topological polar surface area (TPSA) is 42.4 Å². The van der Waals surface area contributed by atoms with Gasteiger partial charge in [0.05, 0.1) is 9.72 Å². The SMILES string of the molecule is CSc1ccc(C(=O)N2CCC(Oc3nc4c(Cl)cccc4s3)CC2)cc1. The van der Waals surface area contributed by atoms with Gasteiger partial charge in [0.1, 0.15) is 11.6 Å². The van der Waals surface area contributed by atoms with Crippen molar-refractivity contribution in [3.05, 3.63) is 53.1 Å². The molecule has 0 spiro atoms. The summed E-state index contributed by atoms with van der Waals surface area (Å²) in [6, 6.07) is 13.5. The van der Waals surface area contributed by atoms with Gasteiger partial charge in [0.15, 0.2) is 0 Å². The molecular formula is C20H19ClN2O2S2. The Morgan fingerprint density at radius 1 is 1.22 bits per heavy atom. The van der Waals surface area contributed by atoms with Crippen LogP contribution in [0.25, 0.3) is 10.2 Å². The molecule has 3 aromatic rings. The number of thioether (sulfide) groups is 1. The van der Waals surface area contributed by atoms with Crippen molar-refractivity contribution >= 4 is 50.8 Å². The number of carbonyl (C=O) groups excluding carboxylic acids is 1. The predicted molar refractivity (Wildman–Crippen MR) is 112 cm³/mol. The molecule has 0 saturated carbocycles. The Hall–Kier alpha value is -1.76. The first kappa shape index (κ1) is 18.6. The minimum absolute atomic E-state index is 0.0762. The minimum Gasteiger partial charge on any atom is -0.467 e. The third-order valence-electron chi connectivity index (χ3n) is 4.68. The summed E-state index contributed by atoms with van der Waals surface area (Å²) in [6.07, 6.45) is 3.71. The second kappa shape index (κ2) is 8.09. The molecule has 1 aliphatic rings. The van der Waals surface area contributed by atoms with Crippen LogP contribution in [-0.4, -0.2) is 41.2 Å². The van der Waals surface area contributed by atoms with Crippen molar-refractivity contribution in [1.29, 1.82) is 0 Å². The normalized spacial score (nSPS) is 15.3. The molecule has 0 N–H and O–H groups in total. The molecule has 1 saturated heterocycles. The number of halogens is 1. The molecule has 1 fully saturated rings. The molecule has 2 heterocycles. The van der Waals surface area contributed by atoms with E-state index in [0.717, 1.165) is 33.5 Å². The smallest absolute Gasteiger partial charge is 0.274 e. The monoisotopic (exact) mass is 418 g/mol. The third kappa shape index (κ3) is 4.08. The average molecular weight is 419 g/mol. The number of rotatable bonds is 4. The van der Waals surface area contributed by atoms with Crippen molar-refractivity contribution in [2.45, 2.75) is 23.8 Å². The molecular weight excluding hydrogens is 400 g/mol. The van der Waals surface area contributed by atoms with E-state index in [-0.39, 0.29) is 12.0 Å². The summed E-state index contributed by atoms with van der Waals surface area (Å²) in [4.78, 5) is 20.2. The van der Waals surface area contributed by atoms with Gasteiger partial charge in [0, 0.05) is 36.4 Å². The van der Waals surface area contributed by atoms with Crippen LogP contribution < -0.4 is 4.74 Å². The molecule has 7 heteroatoms. The van der Waals surface area contributed by atoms with Crippen LogP contribution in [-0.2, 0) is 0 Å². The number of likely N-dealkylation sites (tertiary alicyclic amines) is 1. The number of hydrogen-bond donors (Lipinski definition) is 0. The Balaban J connectivity index is 1.36. The first-order valence-corrected chi connectivity index (χ1v) is 11.2. The average Bonchev–Trinajstić information content (AvgIpc) is 3.12. The first-order valence-electron chi connectivity index (χ1n) is 8.79. The number of nitrogens with zero attached hydrogens (tertiary/aromatic N) is 2. The van der Waals surface area contributed by atoms with E-state index in [1.54, 1.807) is 11.8 Å². The van der Waals surface area contributed by atoms with E-state index < -0.39 is 0 Å². The molecule has 0 radical (unpaired) electrons. The van der Waals surface area contributed by atoms with E-state index in [1.165, 1.54) is 11.3 Å². The molecule has 2 aromatic carbocycles. The molecule has 140 valence electrons. The molecule has 4 rings (SSSR count). The van der Waals surface area contributed by atoms with E-state index in [9.17, 15) is 4.79 Å². The van der Waals surface area contributed by atoms with Crippen molar-refractivity contribution in [2.75, 3.05) is 19.3 Å². The maximum absolute atomic E-state index is 12.7. The number of carbonyl (C=O) groups is 1. The molecule has 0 aliphatic carbocycles. The quantitative estimate of drug-likeness (QED) is 0.535. The molecule has 1 amide bonds. The molecule has 1 aliphatic heterocycles. The van der Waals surface area contributed by atoms with Gasteiger partial charge < -0.3 is 9.64 Å². The maximum atomic E-state index is 12.7. The van der Waals surface area contributed by atoms with E-state index in [2.05, 4.69) is 4.98 Å². The van der Waals surface area contributed by atoms with Crippen LogP contribution in [0.4, 0.5) is 0 Å². The highest BCUT2D eigenvalue weighted by molar-refractivity contribution is 7.98. The molecule has 4 nitrogen and oxygen atoms in total. The molecule has 0 atom stereocenters. The van der Waals surface area contributed by atoms with E-state index in [1.807, 2.05) is 53.6 Å². The lowest BCUT2D eigenvalue weighted by Gasteiger charge is -2.31. The van der Waals surface area contributed by atoms with Crippen LogP contribution >= 0.6 is 34.7 Å². The number of thiazole rings is 1. The highest BCUT2D eigenvalue weighted by Crippen LogP contribution is 2.33. The standard InChI is InChI=1S/C20H19ClN2O2S2/c1-26-15-7-5-13(6-8-15)19(24)23-11-9-14(10-12-23)25-20-22-18-16(21)3-2-4-17(18)27-20/h2-8,14H,9-12H2,1H3. The fourth-order valence-electron chi connectivity index (χ4n) is 3.18. The fourth-order valence-corrected chi connectivity index (χ4v) is 4.77. The van der Waals surface area contributed by atoms with Crippen LogP contribution in [0.5, 0.6) is 5.19 Å². The second-order valence-corrected chi connectivity index (χ2v) is 8.68. The summed E-state index contributed by atoms with van der Waals surface area (Å²) in [7, 11) is 0. The first-order chi connectivity index (χ1) is 13.1. The van der Waals surface area contributed by atoms with Crippen LogP contribution in [0.3, 0.4) is 0 Å². The number of amides is 1. The summed E-state index contributed by atoms with van der Waals surface area (Å²) >= 11 is 9.37. The molecule has 27 heavy (non-hydrogen) atoms. The number of piperidine rings is 1. The van der Waals surface area contributed by atoms with Crippen molar-refractivity contribution in [2.24, 2.45) is 0 Å². The summed E-state index contributed by atoms with van der Waals surface area (Å²) < 4.78 is 7.09. The van der Waals surface area contributed by atoms with Gasteiger partial charge in [-0.25, -0.2) is 4.98 Å². The van der Waals surface area contributed by atoms with Gasteiger partial charge in [-0.1, -0.05) is 29.0 Å². The number of hydrogen-bond acceptors (Lipinski definition) is 5. The lowest BCUT2D eigenvalue weighted by Crippen LogP contribution is -2.41. The minimum atomic E-state index is 0.0762. The lowest BCUT2D eigenvalue weighted by molar-refractivity contribution is 0.0595. The molecule has 0 unspecified atom stereocenters. The zero-order valence-corrected chi connectivity index (χ0v) is 17.2. The Morgan fingerprint density at radius 2 is 1.96 bits per heavy atom. The Morgan fingerprint density at radius 3 is 2.63 bits per heavy atom. The van der Waals surface area contributed by atoms with E-state index >= 15 is 0 Å². The summed E-state index contributed by atoms with van der Waals surface area (Å²) in [5, 5.41) is 1.29. The predicted octanol–water partition coefficient (Wildman–Crippen LogP) is 5.36. The maximum Gasteiger partial charge on any atom is 0.274 e. The van der Waals surface area contributed by atoms with Crippen LogP contribution in [0, 0.1) is 0 Å². The van der Waals surface area contributed by atoms with Gasteiger partial charge >= 0.3 is 0 Å². The third-order valence-corrected chi connectivity index (χ3v) is 6.64. The molecule has 0 bridgehead atoms. The van der Waals surface area contributed by atoms with E-state index in [0.29, 0.717) is 23.3 Å². The van der Waals surface area contributed by atoms with Crippen molar-refractivity contribution in [1.82, 2.24) is 9.88 Å². The fraction of sp³-hybridized carbons (Fsp3) is 0.300. The highest BCUT2D eigenvalue weighted by Gasteiger charge is 2.25. The lowest BCUT2D eigenvalue weighted by atomic mass is 10.1. The second-order valence-electron chi connectivity index (χ2n) is 6.40. The molecule has 1 aromatic heterocycles. The Labute approximate surface area is 171 Å². The van der Waals surface area contributed by atoms with Crippen LogP contribution in [0.1, 0.15) is 23.2 Å². The van der Waals surface area contributed by atoms with Crippen molar-refractivity contribution in [3.8, 4) is 5.19 Å². The van der Waals surface area contributed by atoms with Gasteiger partial charge in [-0.2, -0.15) is 0 Å². The number of para-hydroxylation sites is 1. The summed E-state index contributed by atoms with van der Waals surface area (Å²) in [5.74, 6) is 0.0906. The van der Waals surface area contributed by atoms with Crippen molar-refractivity contribution < 1.29 is 9.53 Å². The van der Waals surface area contributed by atoms with E-state index in [4.69, 9.17) is 16.3 Å². The zero-order chi connectivity index (χ0) is 18.8. The largest absolute Gasteiger partial charge is 0.467 e. The Kier molecular flexibility index (Phi) is 5.57. The summed E-state index contributed by atoms with van der Waals surface area (Å²) in [6.45, 7) is 1.39. The van der Waals surface area contributed by atoms with Crippen LogP contribution in [0.15, 0.2) is 47.4 Å². The van der Waals surface area contributed by atoms with Gasteiger partial charge in [-0.3, -0.25) is 4.79 Å². The Bertz CT molecular complexity index is 950. The van der Waals surface area contributed by atoms with Gasteiger partial charge in [-0.15, -0.1) is 11.8 Å². The highest BCUT2D eigenvalue weighted by atomic mass is 35.5. The zero-order valence-electron chi connectivity index (χ0n) is 14.9. The van der Waals surface area contributed by atoms with Gasteiger partial charge in [-0.05, 0) is 42.7 Å². The van der Waals surface area contributed by atoms with Gasteiger partial charge in [0.2, 0.25) is 0 Å². The summed E-state index contributed by atoms with van der Waals surface area (Å²) in [5.41, 5.74) is 1.54. The number of benzene rings is 2. The number of aromatic nitrogens is 1. The number of fused-ring (bicyclic) bond motifs is 1.